The second kappa shape index (κ2) is 5.14. The van der Waals surface area contributed by atoms with E-state index in [1.54, 1.807) is 12.1 Å². The molecule has 0 fully saturated rings. The van der Waals surface area contributed by atoms with Crippen LogP contribution >= 0.6 is 23.3 Å². The van der Waals surface area contributed by atoms with Crippen LogP contribution in [0.1, 0.15) is 0 Å². The van der Waals surface area contributed by atoms with Gasteiger partial charge in [-0.15, -0.1) is 0 Å². The number of hydrogen-bond donors (Lipinski definition) is 2. The summed E-state index contributed by atoms with van der Waals surface area (Å²) < 4.78 is 35.2. The number of phenolic OH excluding ortho intramolecular Hbond substituents is 1. The highest BCUT2D eigenvalue weighted by atomic mass is 35.5. The molecule has 0 spiro atoms. The number of aromatic hydroxyl groups is 1. The van der Waals surface area contributed by atoms with Gasteiger partial charge in [-0.25, -0.2) is 8.42 Å². The number of anilines is 1. The van der Waals surface area contributed by atoms with E-state index in [1.165, 1.54) is 24.3 Å². The number of aromatic nitrogens is 2. The maximum absolute atomic E-state index is 12.3. The van der Waals surface area contributed by atoms with Crippen molar-refractivity contribution in [1.29, 1.82) is 0 Å². The largest absolute Gasteiger partial charge is 0.508 e. The first kappa shape index (κ1) is 14.1. The van der Waals surface area contributed by atoms with Gasteiger partial charge in [-0.2, -0.15) is 8.75 Å². The Hall–Kier alpha value is -1.90. The minimum absolute atomic E-state index is 0.0107. The molecule has 2 N–H and O–H groups in total. The predicted octanol–water partition coefficient (Wildman–Crippen LogP) is 2.85. The number of hydrogen-bond acceptors (Lipinski definition) is 6. The Labute approximate surface area is 129 Å². The van der Waals surface area contributed by atoms with Crippen LogP contribution in [0.2, 0.25) is 5.02 Å². The summed E-state index contributed by atoms with van der Waals surface area (Å²) in [5.74, 6) is -0.0159. The van der Waals surface area contributed by atoms with Gasteiger partial charge in [0, 0.05) is 0 Å². The van der Waals surface area contributed by atoms with Crippen molar-refractivity contribution >= 4 is 50.1 Å². The standard InChI is InChI=1S/C12H8ClN3O3S2/c13-9-5-6-10-12(15-20-14-10)11(9)16-21(18,19)8-3-1-7(17)2-4-8/h1-6,16-17H. The lowest BCUT2D eigenvalue weighted by Crippen LogP contribution is -2.13. The van der Waals surface area contributed by atoms with Crippen LogP contribution in [0, 0.1) is 0 Å². The molecule has 21 heavy (non-hydrogen) atoms. The van der Waals surface area contributed by atoms with Crippen molar-refractivity contribution in [2.24, 2.45) is 0 Å². The molecule has 0 unspecified atom stereocenters. The van der Waals surface area contributed by atoms with E-state index in [0.29, 0.717) is 11.0 Å². The fourth-order valence-corrected chi connectivity index (χ4v) is 3.63. The molecule has 0 bridgehead atoms. The van der Waals surface area contributed by atoms with Crippen LogP contribution in [0.25, 0.3) is 11.0 Å². The van der Waals surface area contributed by atoms with E-state index >= 15 is 0 Å². The van der Waals surface area contributed by atoms with E-state index in [4.69, 9.17) is 11.6 Å². The average molecular weight is 342 g/mol. The monoisotopic (exact) mass is 341 g/mol. The van der Waals surface area contributed by atoms with Crippen molar-refractivity contribution in [2.75, 3.05) is 4.72 Å². The zero-order chi connectivity index (χ0) is 15.0. The SMILES string of the molecule is O=S(=O)(Nc1c(Cl)ccc2nsnc12)c1ccc(O)cc1. The molecule has 6 nitrogen and oxygen atoms in total. The topological polar surface area (TPSA) is 92.2 Å². The molecule has 1 aromatic heterocycles. The molecule has 3 rings (SSSR count). The lowest BCUT2D eigenvalue weighted by molar-refractivity contribution is 0.475. The molecular weight excluding hydrogens is 334 g/mol. The van der Waals surface area contributed by atoms with E-state index in [-0.39, 0.29) is 21.4 Å². The van der Waals surface area contributed by atoms with E-state index in [9.17, 15) is 13.5 Å². The molecule has 0 saturated carbocycles. The van der Waals surface area contributed by atoms with Crippen molar-refractivity contribution in [3.63, 3.8) is 0 Å². The predicted molar refractivity (Wildman–Crippen MR) is 81.3 cm³/mol. The summed E-state index contributed by atoms with van der Waals surface area (Å²) >= 11 is 7.02. The highest BCUT2D eigenvalue weighted by Gasteiger charge is 2.19. The van der Waals surface area contributed by atoms with Gasteiger partial charge in [0.15, 0.2) is 0 Å². The first-order chi connectivity index (χ1) is 9.97. The fourth-order valence-electron chi connectivity index (χ4n) is 1.74. The Morgan fingerprint density at radius 2 is 1.81 bits per heavy atom. The Kier molecular flexibility index (Phi) is 3.44. The number of rotatable bonds is 3. The van der Waals surface area contributed by atoms with E-state index in [1.807, 2.05) is 0 Å². The number of halogens is 1. The second-order valence-electron chi connectivity index (χ2n) is 4.15. The van der Waals surface area contributed by atoms with Gasteiger partial charge in [0.1, 0.15) is 16.8 Å². The minimum Gasteiger partial charge on any atom is -0.508 e. The number of phenols is 1. The zero-order valence-electron chi connectivity index (χ0n) is 10.3. The first-order valence-corrected chi connectivity index (χ1v) is 8.29. The van der Waals surface area contributed by atoms with Crippen LogP contribution in [0.5, 0.6) is 5.75 Å². The van der Waals surface area contributed by atoms with Gasteiger partial charge >= 0.3 is 0 Å². The summed E-state index contributed by atoms with van der Waals surface area (Å²) in [7, 11) is -3.83. The van der Waals surface area contributed by atoms with Gasteiger partial charge in [-0.3, -0.25) is 4.72 Å². The summed E-state index contributed by atoms with van der Waals surface area (Å²) in [5, 5.41) is 9.45. The third-order valence-corrected chi connectivity index (χ3v) is 4.98. The van der Waals surface area contributed by atoms with Crippen LogP contribution in [0.4, 0.5) is 5.69 Å². The number of benzene rings is 2. The Balaban J connectivity index is 2.07. The molecular formula is C12H8ClN3O3S2. The molecule has 108 valence electrons. The molecule has 0 aliphatic heterocycles. The summed E-state index contributed by atoms with van der Waals surface area (Å²) in [5.41, 5.74) is 1.15. The van der Waals surface area contributed by atoms with E-state index < -0.39 is 10.0 Å². The Morgan fingerprint density at radius 3 is 2.52 bits per heavy atom. The number of sulfonamides is 1. The third kappa shape index (κ3) is 2.65. The van der Waals surface area contributed by atoms with Gasteiger partial charge < -0.3 is 5.11 Å². The van der Waals surface area contributed by atoms with Crippen LogP contribution in [0.15, 0.2) is 41.3 Å². The maximum Gasteiger partial charge on any atom is 0.262 e. The molecule has 1 heterocycles. The summed E-state index contributed by atoms with van der Waals surface area (Å²) in [6.45, 7) is 0. The van der Waals surface area contributed by atoms with Crippen LogP contribution < -0.4 is 4.72 Å². The first-order valence-electron chi connectivity index (χ1n) is 5.70. The summed E-state index contributed by atoms with van der Waals surface area (Å²) in [6, 6.07) is 8.40. The second-order valence-corrected chi connectivity index (χ2v) is 6.77. The van der Waals surface area contributed by atoms with Crippen molar-refractivity contribution in [3.8, 4) is 5.75 Å². The molecule has 0 aliphatic rings. The van der Waals surface area contributed by atoms with E-state index in [0.717, 1.165) is 11.7 Å². The van der Waals surface area contributed by atoms with Crippen molar-refractivity contribution in [3.05, 3.63) is 41.4 Å². The van der Waals surface area contributed by atoms with Gasteiger partial charge in [0.05, 0.1) is 27.3 Å². The third-order valence-electron chi connectivity index (χ3n) is 2.76. The highest BCUT2D eigenvalue weighted by molar-refractivity contribution is 7.92. The van der Waals surface area contributed by atoms with Crippen molar-refractivity contribution < 1.29 is 13.5 Å². The summed E-state index contributed by atoms with van der Waals surface area (Å²) in [6.07, 6.45) is 0. The van der Waals surface area contributed by atoms with Crippen LogP contribution in [-0.4, -0.2) is 22.3 Å². The molecule has 0 aliphatic carbocycles. The van der Waals surface area contributed by atoms with Gasteiger partial charge in [-0.1, -0.05) is 11.6 Å². The van der Waals surface area contributed by atoms with Gasteiger partial charge in [0.25, 0.3) is 10.0 Å². The molecule has 9 heteroatoms. The maximum atomic E-state index is 12.3. The van der Waals surface area contributed by atoms with Crippen LogP contribution in [-0.2, 0) is 10.0 Å². The smallest absolute Gasteiger partial charge is 0.262 e. The number of nitrogens with one attached hydrogen (secondary N) is 1. The Morgan fingerprint density at radius 1 is 1.10 bits per heavy atom. The lowest BCUT2D eigenvalue weighted by Gasteiger charge is -2.10. The highest BCUT2D eigenvalue weighted by Crippen LogP contribution is 2.31. The van der Waals surface area contributed by atoms with Gasteiger partial charge in [-0.05, 0) is 36.4 Å². The lowest BCUT2D eigenvalue weighted by atomic mass is 10.3. The number of fused-ring (bicyclic) bond motifs is 1. The van der Waals surface area contributed by atoms with Crippen LogP contribution in [0.3, 0.4) is 0 Å². The Bertz CT molecular complexity index is 907. The summed E-state index contributed by atoms with van der Waals surface area (Å²) in [4.78, 5) is 0.0107. The zero-order valence-corrected chi connectivity index (χ0v) is 12.7. The molecule has 0 amide bonds. The molecule has 2 aromatic carbocycles. The minimum atomic E-state index is -3.83. The molecule has 0 saturated heterocycles. The van der Waals surface area contributed by atoms with Crippen molar-refractivity contribution in [2.45, 2.75) is 4.90 Å². The fraction of sp³-hybridized carbons (Fsp3) is 0. The number of nitrogens with zero attached hydrogens (tertiary/aromatic N) is 2. The average Bonchev–Trinajstić information content (AvgIpc) is 2.91. The molecule has 0 radical (unpaired) electrons. The quantitative estimate of drug-likeness (QED) is 0.764. The van der Waals surface area contributed by atoms with Crippen molar-refractivity contribution in [1.82, 2.24) is 8.75 Å². The van der Waals surface area contributed by atoms with Gasteiger partial charge in [0.2, 0.25) is 0 Å². The normalized spacial score (nSPS) is 11.7. The molecule has 3 aromatic rings. The molecule has 0 atom stereocenters. The van der Waals surface area contributed by atoms with E-state index in [2.05, 4.69) is 13.5 Å².